The van der Waals surface area contributed by atoms with Gasteiger partial charge in [0.2, 0.25) is 5.91 Å². The highest BCUT2D eigenvalue weighted by Crippen LogP contribution is 2.15. The standard InChI is InChI=1S/C14H21N3O.ClH/c1-15-10-14(18)17-9-5-8-13(11-17)16-12-6-3-2-4-7-12;/h2-4,6-7,13,15-16H,5,8-11H2,1H3;1H. The molecule has 1 saturated heterocycles. The van der Waals surface area contributed by atoms with E-state index in [4.69, 9.17) is 0 Å². The number of piperidine rings is 1. The summed E-state index contributed by atoms with van der Waals surface area (Å²) in [6, 6.07) is 10.5. The van der Waals surface area contributed by atoms with E-state index in [1.54, 1.807) is 0 Å². The first-order valence-electron chi connectivity index (χ1n) is 6.53. The number of carbonyl (C=O) groups excluding carboxylic acids is 1. The van der Waals surface area contributed by atoms with Crippen molar-refractivity contribution in [1.82, 2.24) is 10.2 Å². The van der Waals surface area contributed by atoms with Gasteiger partial charge in [0.1, 0.15) is 0 Å². The highest BCUT2D eigenvalue weighted by molar-refractivity contribution is 5.85. The fourth-order valence-corrected chi connectivity index (χ4v) is 2.35. The van der Waals surface area contributed by atoms with Crippen LogP contribution in [-0.2, 0) is 4.79 Å². The number of nitrogens with zero attached hydrogens (tertiary/aromatic N) is 1. The molecule has 0 aliphatic carbocycles. The molecule has 106 valence electrons. The van der Waals surface area contributed by atoms with Crippen molar-refractivity contribution in [2.45, 2.75) is 18.9 Å². The minimum atomic E-state index is 0. The number of likely N-dealkylation sites (tertiary alicyclic amines) is 1. The third kappa shape index (κ3) is 4.73. The van der Waals surface area contributed by atoms with Crippen molar-refractivity contribution in [1.29, 1.82) is 0 Å². The highest BCUT2D eigenvalue weighted by Gasteiger charge is 2.22. The molecule has 0 saturated carbocycles. The Morgan fingerprint density at radius 1 is 1.37 bits per heavy atom. The maximum absolute atomic E-state index is 11.8. The Bertz CT molecular complexity index is 386. The molecule has 0 radical (unpaired) electrons. The second-order valence-corrected chi connectivity index (χ2v) is 4.72. The molecule has 2 N–H and O–H groups in total. The van der Waals surface area contributed by atoms with Crippen LogP contribution >= 0.6 is 12.4 Å². The second kappa shape index (κ2) is 8.02. The Morgan fingerprint density at radius 2 is 2.11 bits per heavy atom. The van der Waals surface area contributed by atoms with E-state index in [9.17, 15) is 4.79 Å². The molecule has 1 aliphatic rings. The summed E-state index contributed by atoms with van der Waals surface area (Å²) in [5, 5.41) is 6.41. The molecule has 1 aromatic rings. The number of nitrogens with one attached hydrogen (secondary N) is 2. The maximum atomic E-state index is 11.8. The Labute approximate surface area is 121 Å². The van der Waals surface area contributed by atoms with Gasteiger partial charge in [-0.3, -0.25) is 4.79 Å². The number of anilines is 1. The van der Waals surface area contributed by atoms with Crippen LogP contribution in [0.25, 0.3) is 0 Å². The van der Waals surface area contributed by atoms with Crippen LogP contribution in [0.2, 0.25) is 0 Å². The first kappa shape index (κ1) is 15.8. The maximum Gasteiger partial charge on any atom is 0.236 e. The van der Waals surface area contributed by atoms with E-state index < -0.39 is 0 Å². The summed E-state index contributed by atoms with van der Waals surface area (Å²) >= 11 is 0. The molecule has 1 atom stereocenters. The van der Waals surface area contributed by atoms with Crippen LogP contribution in [0, 0.1) is 0 Å². The normalized spacial score (nSPS) is 18.6. The van der Waals surface area contributed by atoms with Gasteiger partial charge in [0.25, 0.3) is 0 Å². The summed E-state index contributed by atoms with van der Waals surface area (Å²) in [6.07, 6.45) is 2.19. The number of amides is 1. The van der Waals surface area contributed by atoms with Crippen LogP contribution in [0.5, 0.6) is 0 Å². The number of para-hydroxylation sites is 1. The lowest BCUT2D eigenvalue weighted by Gasteiger charge is -2.33. The molecule has 1 unspecified atom stereocenters. The van der Waals surface area contributed by atoms with Crippen molar-refractivity contribution in [2.24, 2.45) is 0 Å². The minimum Gasteiger partial charge on any atom is -0.381 e. The molecule has 1 aliphatic heterocycles. The Morgan fingerprint density at radius 3 is 2.79 bits per heavy atom. The largest absolute Gasteiger partial charge is 0.381 e. The van der Waals surface area contributed by atoms with E-state index in [1.165, 1.54) is 0 Å². The molecule has 0 bridgehead atoms. The van der Waals surface area contributed by atoms with Crippen molar-refractivity contribution in [2.75, 3.05) is 32.0 Å². The molecule has 1 fully saturated rings. The van der Waals surface area contributed by atoms with Gasteiger partial charge in [-0.1, -0.05) is 18.2 Å². The van der Waals surface area contributed by atoms with Crippen LogP contribution in [0.3, 0.4) is 0 Å². The lowest BCUT2D eigenvalue weighted by atomic mass is 10.1. The molecule has 0 spiro atoms. The Kier molecular flexibility index (Phi) is 6.67. The predicted octanol–water partition coefficient (Wildman–Crippen LogP) is 1.73. The van der Waals surface area contributed by atoms with Crippen molar-refractivity contribution in [3.8, 4) is 0 Å². The van der Waals surface area contributed by atoms with E-state index >= 15 is 0 Å². The Balaban J connectivity index is 0.00000180. The molecule has 1 aromatic carbocycles. The van der Waals surface area contributed by atoms with Gasteiger partial charge in [0.15, 0.2) is 0 Å². The predicted molar refractivity (Wildman–Crippen MR) is 80.8 cm³/mol. The number of hydrogen-bond donors (Lipinski definition) is 2. The molecule has 1 amide bonds. The molecular formula is C14H22ClN3O. The SMILES string of the molecule is CNCC(=O)N1CCCC(Nc2ccccc2)C1.Cl. The van der Waals surface area contributed by atoms with Gasteiger partial charge >= 0.3 is 0 Å². The number of halogens is 1. The molecular weight excluding hydrogens is 262 g/mol. The summed E-state index contributed by atoms with van der Waals surface area (Å²) in [7, 11) is 1.81. The van der Waals surface area contributed by atoms with E-state index in [0.29, 0.717) is 12.6 Å². The lowest BCUT2D eigenvalue weighted by Crippen LogP contribution is -2.47. The van der Waals surface area contributed by atoms with E-state index in [0.717, 1.165) is 31.6 Å². The average molecular weight is 284 g/mol. The molecule has 1 heterocycles. The van der Waals surface area contributed by atoms with Crippen LogP contribution in [0.4, 0.5) is 5.69 Å². The number of likely N-dealkylation sites (N-methyl/N-ethyl adjacent to an activating group) is 1. The van der Waals surface area contributed by atoms with Crippen LogP contribution in [-0.4, -0.2) is 43.5 Å². The zero-order chi connectivity index (χ0) is 12.8. The summed E-state index contributed by atoms with van der Waals surface area (Å²) < 4.78 is 0. The van der Waals surface area contributed by atoms with E-state index in [2.05, 4.69) is 22.8 Å². The van der Waals surface area contributed by atoms with Crippen LogP contribution in [0.15, 0.2) is 30.3 Å². The number of carbonyl (C=O) groups is 1. The summed E-state index contributed by atoms with van der Waals surface area (Å²) in [5.41, 5.74) is 1.13. The minimum absolute atomic E-state index is 0. The topological polar surface area (TPSA) is 44.4 Å². The highest BCUT2D eigenvalue weighted by atomic mass is 35.5. The van der Waals surface area contributed by atoms with E-state index in [1.807, 2.05) is 30.1 Å². The molecule has 19 heavy (non-hydrogen) atoms. The first-order valence-corrected chi connectivity index (χ1v) is 6.53. The van der Waals surface area contributed by atoms with Gasteiger partial charge in [0.05, 0.1) is 6.54 Å². The second-order valence-electron chi connectivity index (χ2n) is 4.72. The fraction of sp³-hybridized carbons (Fsp3) is 0.500. The average Bonchev–Trinajstić information content (AvgIpc) is 2.40. The summed E-state index contributed by atoms with van der Waals surface area (Å²) in [6.45, 7) is 2.11. The van der Waals surface area contributed by atoms with Gasteiger partial charge < -0.3 is 15.5 Å². The smallest absolute Gasteiger partial charge is 0.236 e. The zero-order valence-corrected chi connectivity index (χ0v) is 12.1. The van der Waals surface area contributed by atoms with Gasteiger partial charge in [0, 0.05) is 24.8 Å². The molecule has 5 heteroatoms. The number of benzene rings is 1. The van der Waals surface area contributed by atoms with Crippen molar-refractivity contribution in [3.63, 3.8) is 0 Å². The van der Waals surface area contributed by atoms with Crippen molar-refractivity contribution < 1.29 is 4.79 Å². The van der Waals surface area contributed by atoms with Gasteiger partial charge in [-0.05, 0) is 32.0 Å². The summed E-state index contributed by atoms with van der Waals surface area (Å²) in [5.74, 6) is 0.192. The van der Waals surface area contributed by atoms with Gasteiger partial charge in [-0.15, -0.1) is 12.4 Å². The van der Waals surface area contributed by atoms with Gasteiger partial charge in [-0.25, -0.2) is 0 Å². The third-order valence-electron chi connectivity index (χ3n) is 3.25. The number of hydrogen-bond acceptors (Lipinski definition) is 3. The molecule has 4 nitrogen and oxygen atoms in total. The lowest BCUT2D eigenvalue weighted by molar-refractivity contribution is -0.131. The van der Waals surface area contributed by atoms with Crippen LogP contribution < -0.4 is 10.6 Å². The fourth-order valence-electron chi connectivity index (χ4n) is 2.35. The summed E-state index contributed by atoms with van der Waals surface area (Å²) in [4.78, 5) is 13.8. The zero-order valence-electron chi connectivity index (χ0n) is 11.3. The molecule has 2 rings (SSSR count). The van der Waals surface area contributed by atoms with Crippen molar-refractivity contribution in [3.05, 3.63) is 30.3 Å². The quantitative estimate of drug-likeness (QED) is 0.885. The molecule has 0 aromatic heterocycles. The van der Waals surface area contributed by atoms with E-state index in [-0.39, 0.29) is 18.3 Å². The van der Waals surface area contributed by atoms with Gasteiger partial charge in [-0.2, -0.15) is 0 Å². The monoisotopic (exact) mass is 283 g/mol. The van der Waals surface area contributed by atoms with Crippen molar-refractivity contribution >= 4 is 24.0 Å². The Hall–Kier alpha value is -1.26. The first-order chi connectivity index (χ1) is 8.79. The number of rotatable bonds is 4. The third-order valence-corrected chi connectivity index (χ3v) is 3.25. The van der Waals surface area contributed by atoms with Crippen LogP contribution in [0.1, 0.15) is 12.8 Å².